The van der Waals surface area contributed by atoms with Crippen LogP contribution in [0.3, 0.4) is 0 Å². The van der Waals surface area contributed by atoms with Gasteiger partial charge < -0.3 is 15.7 Å². The van der Waals surface area contributed by atoms with Gasteiger partial charge in [0.25, 0.3) is 0 Å². The molecule has 0 spiro atoms. The van der Waals surface area contributed by atoms with E-state index in [9.17, 15) is 14.7 Å². The van der Waals surface area contributed by atoms with Gasteiger partial charge in [-0.15, -0.1) is 0 Å². The minimum absolute atomic E-state index is 0.154. The number of anilines is 1. The zero-order valence-corrected chi connectivity index (χ0v) is 12.7. The van der Waals surface area contributed by atoms with Crippen LogP contribution in [0.2, 0.25) is 0 Å². The highest BCUT2D eigenvalue weighted by Crippen LogP contribution is 2.36. The van der Waals surface area contributed by atoms with Gasteiger partial charge in [-0.2, -0.15) is 0 Å². The molecular formula is C16H22N2O3. The lowest BCUT2D eigenvalue weighted by Gasteiger charge is -2.37. The molecule has 1 unspecified atom stereocenters. The molecule has 0 bridgehead atoms. The first kappa shape index (κ1) is 15.5. The molecule has 1 aromatic rings. The summed E-state index contributed by atoms with van der Waals surface area (Å²) in [7, 11) is 0. The lowest BCUT2D eigenvalue weighted by atomic mass is 9.84. The summed E-state index contributed by atoms with van der Waals surface area (Å²) in [5, 5.41) is 9.32. The summed E-state index contributed by atoms with van der Waals surface area (Å²) < 4.78 is 0. The highest BCUT2D eigenvalue weighted by Gasteiger charge is 2.37. The molecule has 2 rings (SSSR count). The molecule has 114 valence electrons. The van der Waals surface area contributed by atoms with Crippen molar-refractivity contribution in [3.63, 3.8) is 0 Å². The minimum atomic E-state index is -0.852. The van der Waals surface area contributed by atoms with Crippen LogP contribution in [-0.4, -0.2) is 29.6 Å². The third-order valence-electron chi connectivity index (χ3n) is 4.01. The number of carboxylic acids is 1. The molecule has 1 aliphatic rings. The van der Waals surface area contributed by atoms with Crippen molar-refractivity contribution in [2.45, 2.75) is 39.2 Å². The first-order valence-corrected chi connectivity index (χ1v) is 7.12. The van der Waals surface area contributed by atoms with Gasteiger partial charge in [0.05, 0.1) is 12.0 Å². The second-order valence-corrected chi connectivity index (χ2v) is 6.57. The maximum absolute atomic E-state index is 12.6. The van der Waals surface area contributed by atoms with Crippen molar-refractivity contribution in [3.8, 4) is 0 Å². The highest BCUT2D eigenvalue weighted by molar-refractivity contribution is 5.99. The summed E-state index contributed by atoms with van der Waals surface area (Å²) in [6, 6.07) is 6.55. The zero-order chi connectivity index (χ0) is 15.8. The number of aliphatic carboxylic acids is 1. The fraction of sp³-hybridized carbons (Fsp3) is 0.500. The smallest absolute Gasteiger partial charge is 0.311 e. The number of benzene rings is 1. The maximum Gasteiger partial charge on any atom is 0.311 e. The van der Waals surface area contributed by atoms with Crippen LogP contribution in [0.4, 0.5) is 5.69 Å². The van der Waals surface area contributed by atoms with Crippen LogP contribution in [-0.2, 0) is 9.59 Å². The van der Waals surface area contributed by atoms with Crippen LogP contribution in [0.15, 0.2) is 24.3 Å². The monoisotopic (exact) mass is 290 g/mol. The van der Waals surface area contributed by atoms with E-state index in [1.807, 2.05) is 26.8 Å². The van der Waals surface area contributed by atoms with E-state index in [0.717, 1.165) is 0 Å². The van der Waals surface area contributed by atoms with Gasteiger partial charge in [0.15, 0.2) is 0 Å². The summed E-state index contributed by atoms with van der Waals surface area (Å²) in [5.74, 6) is -1.57. The lowest BCUT2D eigenvalue weighted by molar-refractivity contribution is -0.139. The van der Waals surface area contributed by atoms with Crippen molar-refractivity contribution in [2.75, 3.05) is 11.4 Å². The Labute approximate surface area is 124 Å². The molecule has 1 amide bonds. The Kier molecular flexibility index (Phi) is 4.05. The van der Waals surface area contributed by atoms with Crippen LogP contribution in [0.1, 0.15) is 38.7 Å². The predicted octanol–water partition coefficient (Wildman–Crippen LogP) is 1.96. The number of nitrogens with zero attached hydrogens (tertiary/aromatic N) is 1. The number of carboxylic acid groups (broad SMARTS) is 1. The Morgan fingerprint density at radius 3 is 2.52 bits per heavy atom. The van der Waals surface area contributed by atoms with Crippen LogP contribution >= 0.6 is 0 Å². The molecule has 0 saturated heterocycles. The van der Waals surface area contributed by atoms with Crippen LogP contribution in [0.25, 0.3) is 0 Å². The molecule has 1 aliphatic heterocycles. The van der Waals surface area contributed by atoms with Gasteiger partial charge in [0, 0.05) is 12.2 Å². The normalized spacial score (nSPS) is 19.8. The number of fused-ring (bicyclic) bond motifs is 1. The number of hydrogen-bond donors (Lipinski definition) is 2. The standard InChI is InChI=1S/C16H22N2O3/c1-16(2,3)13(17)14(19)18-9-8-11(15(20)21)10-6-4-5-7-12(10)18/h4-7,11,13H,8-9,17H2,1-3H3,(H,20,21)/t11?,13-/m1/s1. The summed E-state index contributed by atoms with van der Waals surface area (Å²) in [6.07, 6.45) is 0.412. The third kappa shape index (κ3) is 2.93. The van der Waals surface area contributed by atoms with E-state index in [0.29, 0.717) is 24.2 Å². The van der Waals surface area contributed by atoms with Crippen molar-refractivity contribution in [2.24, 2.45) is 11.1 Å². The number of carbonyl (C=O) groups excluding carboxylic acids is 1. The average molecular weight is 290 g/mol. The SMILES string of the molecule is CC(C)(C)[C@H](N)C(=O)N1CCC(C(=O)O)c2ccccc21. The van der Waals surface area contributed by atoms with E-state index in [1.165, 1.54) is 0 Å². The minimum Gasteiger partial charge on any atom is -0.481 e. The molecule has 1 aromatic carbocycles. The van der Waals surface area contributed by atoms with Crippen molar-refractivity contribution in [1.82, 2.24) is 0 Å². The van der Waals surface area contributed by atoms with Crippen molar-refractivity contribution >= 4 is 17.6 Å². The van der Waals surface area contributed by atoms with E-state index >= 15 is 0 Å². The maximum atomic E-state index is 12.6. The zero-order valence-electron chi connectivity index (χ0n) is 12.7. The number of hydrogen-bond acceptors (Lipinski definition) is 3. The van der Waals surface area contributed by atoms with Crippen LogP contribution in [0, 0.1) is 5.41 Å². The van der Waals surface area contributed by atoms with Gasteiger partial charge in [0.2, 0.25) is 5.91 Å². The average Bonchev–Trinajstić information content (AvgIpc) is 2.43. The molecule has 2 atom stereocenters. The molecule has 21 heavy (non-hydrogen) atoms. The molecular weight excluding hydrogens is 268 g/mol. The van der Waals surface area contributed by atoms with Crippen molar-refractivity contribution < 1.29 is 14.7 Å². The molecule has 0 radical (unpaired) electrons. The molecule has 5 heteroatoms. The topological polar surface area (TPSA) is 83.6 Å². The Bertz CT molecular complexity index is 563. The van der Waals surface area contributed by atoms with Gasteiger partial charge in [-0.25, -0.2) is 0 Å². The fourth-order valence-corrected chi connectivity index (χ4v) is 2.59. The van der Waals surface area contributed by atoms with E-state index in [-0.39, 0.29) is 11.3 Å². The van der Waals surface area contributed by atoms with E-state index in [2.05, 4.69) is 0 Å². The first-order chi connectivity index (χ1) is 9.73. The van der Waals surface area contributed by atoms with E-state index in [4.69, 9.17) is 5.73 Å². The summed E-state index contributed by atoms with van der Waals surface area (Å²) >= 11 is 0. The third-order valence-corrected chi connectivity index (χ3v) is 4.01. The Balaban J connectivity index is 2.38. The molecule has 0 aromatic heterocycles. The largest absolute Gasteiger partial charge is 0.481 e. The summed E-state index contributed by atoms with van der Waals surface area (Å²) in [4.78, 5) is 25.6. The molecule has 1 heterocycles. The summed E-state index contributed by atoms with van der Waals surface area (Å²) in [5.41, 5.74) is 7.08. The van der Waals surface area contributed by atoms with Crippen LogP contribution < -0.4 is 10.6 Å². The highest BCUT2D eigenvalue weighted by atomic mass is 16.4. The number of para-hydroxylation sites is 1. The van der Waals surface area contributed by atoms with E-state index < -0.39 is 17.9 Å². The number of carbonyl (C=O) groups is 2. The van der Waals surface area contributed by atoms with Gasteiger partial charge in [-0.3, -0.25) is 9.59 Å². The van der Waals surface area contributed by atoms with Crippen LogP contribution in [0.5, 0.6) is 0 Å². The quantitative estimate of drug-likeness (QED) is 0.872. The van der Waals surface area contributed by atoms with Gasteiger partial charge in [0.1, 0.15) is 0 Å². The molecule has 5 nitrogen and oxygen atoms in total. The Hall–Kier alpha value is -1.88. The first-order valence-electron chi connectivity index (χ1n) is 7.12. The fourth-order valence-electron chi connectivity index (χ4n) is 2.59. The van der Waals surface area contributed by atoms with Gasteiger partial charge >= 0.3 is 5.97 Å². The molecule has 3 N–H and O–H groups in total. The number of nitrogens with two attached hydrogens (primary N) is 1. The summed E-state index contributed by atoms with van der Waals surface area (Å²) in [6.45, 7) is 6.15. The van der Waals surface area contributed by atoms with Crippen molar-refractivity contribution in [1.29, 1.82) is 0 Å². The Morgan fingerprint density at radius 1 is 1.33 bits per heavy atom. The van der Waals surface area contributed by atoms with Gasteiger partial charge in [-0.1, -0.05) is 39.0 Å². The molecule has 0 fully saturated rings. The Morgan fingerprint density at radius 2 is 1.95 bits per heavy atom. The molecule has 0 aliphatic carbocycles. The van der Waals surface area contributed by atoms with Gasteiger partial charge in [-0.05, 0) is 23.5 Å². The second kappa shape index (κ2) is 5.48. The van der Waals surface area contributed by atoms with E-state index in [1.54, 1.807) is 23.1 Å². The predicted molar refractivity (Wildman–Crippen MR) is 81.2 cm³/mol. The molecule has 0 saturated carbocycles. The second-order valence-electron chi connectivity index (χ2n) is 6.57. The van der Waals surface area contributed by atoms with Crippen molar-refractivity contribution in [3.05, 3.63) is 29.8 Å². The lowest BCUT2D eigenvalue weighted by Crippen LogP contribution is -2.52. The number of amides is 1. The number of rotatable bonds is 2.